The lowest BCUT2D eigenvalue weighted by Gasteiger charge is -2.27. The van der Waals surface area contributed by atoms with E-state index in [1.807, 2.05) is 28.4 Å². The maximum Gasteiger partial charge on any atom is 0.109 e. The molecule has 5 aliphatic rings. The lowest BCUT2D eigenvalue weighted by atomic mass is 9.86. The molecule has 0 amide bonds. The largest absolute Gasteiger partial charge is 0.381 e. The van der Waals surface area contributed by atoms with E-state index >= 15 is 0 Å². The highest BCUT2D eigenvalue weighted by Crippen LogP contribution is 2.45. The average Bonchev–Trinajstić information content (AvgIpc) is 1.62. The van der Waals surface area contributed by atoms with Gasteiger partial charge < -0.3 is 42.6 Å². The molecule has 9 heteroatoms. The summed E-state index contributed by atoms with van der Waals surface area (Å²) in [7, 11) is 10.8. The van der Waals surface area contributed by atoms with Gasteiger partial charge in [-0.25, -0.2) is 0 Å². The molecule has 9 nitrogen and oxygen atoms in total. The summed E-state index contributed by atoms with van der Waals surface area (Å²) in [5.74, 6) is 6.69. The second-order valence-corrected chi connectivity index (χ2v) is 31.5. The molecule has 0 radical (unpaired) electrons. The van der Waals surface area contributed by atoms with Gasteiger partial charge in [0.15, 0.2) is 0 Å². The zero-order chi connectivity index (χ0) is 72.6. The molecule has 0 aromatic heterocycles. The molecule has 2 aromatic rings. The van der Waals surface area contributed by atoms with E-state index < -0.39 is 0 Å². The summed E-state index contributed by atoms with van der Waals surface area (Å²) in [5, 5.41) is 0. The minimum Gasteiger partial charge on any atom is -0.381 e. The average molecular weight is 1340 g/mol. The van der Waals surface area contributed by atoms with E-state index in [4.69, 9.17) is 42.6 Å². The number of fused-ring (bicyclic) bond motifs is 3. The smallest absolute Gasteiger partial charge is 0.109 e. The van der Waals surface area contributed by atoms with Gasteiger partial charge >= 0.3 is 0 Å². The summed E-state index contributed by atoms with van der Waals surface area (Å²) in [4.78, 5) is 0. The lowest BCUT2D eigenvalue weighted by molar-refractivity contribution is -0.0698. The highest BCUT2D eigenvalue weighted by Gasteiger charge is 2.30. The Morgan fingerprint density at radius 1 is 0.347 bits per heavy atom. The van der Waals surface area contributed by atoms with Crippen LogP contribution in [0.1, 0.15) is 331 Å². The summed E-state index contributed by atoms with van der Waals surface area (Å²) < 4.78 is 48.8. The van der Waals surface area contributed by atoms with Crippen LogP contribution in [0.15, 0.2) is 48.5 Å². The number of benzene rings is 2. The fraction of sp³-hybridized carbons (Fsp3) is 0.860. The number of hydrogen-bond donors (Lipinski definition) is 0. The topological polar surface area (TPSA) is 83.1 Å². The molecule has 2 aromatic carbocycles. The van der Waals surface area contributed by atoms with Crippen LogP contribution in [0.4, 0.5) is 0 Å². The van der Waals surface area contributed by atoms with Gasteiger partial charge in [-0.05, 0) is 231 Å². The van der Waals surface area contributed by atoms with Gasteiger partial charge in [-0.3, -0.25) is 0 Å². The molecule has 0 saturated heterocycles. The van der Waals surface area contributed by atoms with Gasteiger partial charge in [0.05, 0.1) is 66.6 Å². The highest BCUT2D eigenvalue weighted by atomic mass is 16.5. The molecule has 10 unspecified atom stereocenters. The lowest BCUT2D eigenvalue weighted by Crippen LogP contribution is -2.28. The minimum absolute atomic E-state index is 0.00366. The Hall–Kier alpha value is -1.92. The van der Waals surface area contributed by atoms with Crippen molar-refractivity contribution in [2.45, 2.75) is 387 Å². The predicted molar refractivity (Wildman–Crippen MR) is 413 cm³/mol. The number of methoxy groups -OCH3 is 6. The van der Waals surface area contributed by atoms with Crippen LogP contribution < -0.4 is 0 Å². The fourth-order valence-corrected chi connectivity index (χ4v) is 12.7. The third-order valence-electron chi connectivity index (χ3n) is 21.3. The maximum absolute atomic E-state index is 6.06. The Balaban J connectivity index is 0. The molecule has 0 N–H and O–H groups in total. The molecule has 4 fully saturated rings. The standard InChI is InChI=1S/C16H16O.C11H22O.C10H20O.C9H18O.C9H20O.C8H16O.2C8H18O.C7H16O/c1-11(2)17-16-14-9-5-3-7-12(14)13-8-4-6-10-15(13)16;1-10(12-2)11-8-6-4-3-5-7-9-11;1-9(11-2)10-7-5-3-4-6-8-10;1-8(10-2)9-6-4-3-5-7-9;1-7(2)8(3)10-9(4,5)6;1-7(9-2)8-5-3-4-6-8;1-6(2)7(3)8(4)9-5;1-6(2)8(5)9-7(3)4;1-5-6(2)7(3)8-4/h3-11,16H,1-2H3;10-11H,3-9H2,1-2H3;9-10H,3-8H2,1-2H3;8-9H,3-7H2,1-2H3;7-8H,1-6H3;7-8H,3-6H2,1-2H3;2*6-8H,1-5H3;6-7H,5H2,1-4H3. The van der Waals surface area contributed by atoms with Crippen LogP contribution in [0.2, 0.25) is 0 Å². The molecule has 5 aliphatic carbocycles. The van der Waals surface area contributed by atoms with Crippen molar-refractivity contribution in [3.05, 3.63) is 59.7 Å². The molecule has 10 atom stereocenters. The molecule has 7 rings (SSSR count). The number of ether oxygens (including phenoxy) is 9. The monoisotopic (exact) mass is 1340 g/mol. The van der Waals surface area contributed by atoms with E-state index in [2.05, 4.69) is 215 Å². The first-order valence-electron chi connectivity index (χ1n) is 39.2. The van der Waals surface area contributed by atoms with E-state index in [0.29, 0.717) is 78.6 Å². The molecule has 95 heavy (non-hydrogen) atoms. The molecule has 0 aliphatic heterocycles. The number of rotatable bonds is 21. The van der Waals surface area contributed by atoms with Gasteiger partial charge in [-0.2, -0.15) is 0 Å². The van der Waals surface area contributed by atoms with Crippen LogP contribution in [0, 0.1) is 53.3 Å². The zero-order valence-corrected chi connectivity index (χ0v) is 68.6. The number of hydrogen-bond acceptors (Lipinski definition) is 9. The highest BCUT2D eigenvalue weighted by molar-refractivity contribution is 5.78. The molecule has 4 saturated carbocycles. The SMILES string of the molecule is CC(C)C(C)OC(C)(C)C.CC(C)OC(C)C(C)C.CC(C)OC1c2ccccc2-c2ccccc21.CCC(C)C(C)OC.COC(C)C(C)C(C)C.COC(C)C1CCCC1.COC(C)C1CCCCC1.COC(C)C1CCCCCC1.COC(C)C1CCCCCCC1. The van der Waals surface area contributed by atoms with Crippen molar-refractivity contribution in [2.24, 2.45) is 53.3 Å². The van der Waals surface area contributed by atoms with Crippen LogP contribution in [-0.4, -0.2) is 109 Å². The van der Waals surface area contributed by atoms with E-state index in [9.17, 15) is 0 Å². The molecule has 0 bridgehead atoms. The van der Waals surface area contributed by atoms with Crippen molar-refractivity contribution in [3.63, 3.8) is 0 Å². The Bertz CT molecular complexity index is 1920. The van der Waals surface area contributed by atoms with Crippen LogP contribution in [0.3, 0.4) is 0 Å². The van der Waals surface area contributed by atoms with Gasteiger partial charge in [-0.15, -0.1) is 0 Å². The quantitative estimate of drug-likeness (QED) is 0.114. The van der Waals surface area contributed by atoms with Gasteiger partial charge in [0.2, 0.25) is 0 Å². The first-order chi connectivity index (χ1) is 44.8. The van der Waals surface area contributed by atoms with Crippen LogP contribution in [0.5, 0.6) is 0 Å². The molecule has 562 valence electrons. The zero-order valence-electron chi connectivity index (χ0n) is 68.6. The van der Waals surface area contributed by atoms with Gasteiger partial charge in [0.25, 0.3) is 0 Å². The molecular weight excluding hydrogens is 1180 g/mol. The maximum atomic E-state index is 6.06. The Morgan fingerprint density at radius 3 is 0.853 bits per heavy atom. The van der Waals surface area contributed by atoms with Crippen LogP contribution >= 0.6 is 0 Å². The van der Waals surface area contributed by atoms with Gasteiger partial charge in [0, 0.05) is 42.7 Å². The van der Waals surface area contributed by atoms with Crippen molar-refractivity contribution < 1.29 is 42.6 Å². The van der Waals surface area contributed by atoms with E-state index in [-0.39, 0.29) is 17.8 Å². The summed E-state index contributed by atoms with van der Waals surface area (Å²) >= 11 is 0. The predicted octanol–water partition coefficient (Wildman–Crippen LogP) is 25.1. The van der Waals surface area contributed by atoms with Crippen molar-refractivity contribution in [3.8, 4) is 11.1 Å². The first kappa shape index (κ1) is 95.1. The van der Waals surface area contributed by atoms with Crippen molar-refractivity contribution in [1.82, 2.24) is 0 Å². The van der Waals surface area contributed by atoms with Crippen molar-refractivity contribution in [2.75, 3.05) is 42.7 Å². The van der Waals surface area contributed by atoms with Gasteiger partial charge in [-0.1, -0.05) is 207 Å². The normalized spacial score (nSPS) is 19.7. The summed E-state index contributed by atoms with van der Waals surface area (Å²) in [5.41, 5.74) is 5.22. The third-order valence-corrected chi connectivity index (χ3v) is 21.3. The van der Waals surface area contributed by atoms with Crippen LogP contribution in [-0.2, 0) is 42.6 Å². The summed E-state index contributed by atoms with van der Waals surface area (Å²) in [6.45, 7) is 51.6. The van der Waals surface area contributed by atoms with Crippen LogP contribution in [0.25, 0.3) is 11.1 Å². The molecular formula is C86H164O9. The summed E-state index contributed by atoms with van der Waals surface area (Å²) in [6.07, 6.45) is 36.4. The first-order valence-corrected chi connectivity index (χ1v) is 39.2. The second-order valence-electron chi connectivity index (χ2n) is 31.5. The molecule has 0 spiro atoms. The Morgan fingerprint density at radius 2 is 0.642 bits per heavy atom. The van der Waals surface area contributed by atoms with E-state index in [0.717, 1.165) is 29.6 Å². The summed E-state index contributed by atoms with van der Waals surface area (Å²) in [6, 6.07) is 17.0. The van der Waals surface area contributed by atoms with Gasteiger partial charge in [0.1, 0.15) is 6.10 Å². The second kappa shape index (κ2) is 56.7. The van der Waals surface area contributed by atoms with E-state index in [1.54, 1.807) is 14.2 Å². The molecule has 0 heterocycles. The van der Waals surface area contributed by atoms with Crippen molar-refractivity contribution in [1.29, 1.82) is 0 Å². The Kier molecular flexibility index (Phi) is 56.8. The third kappa shape index (κ3) is 44.8. The van der Waals surface area contributed by atoms with Crippen molar-refractivity contribution >= 4 is 0 Å². The Labute approximate surface area is 593 Å². The minimum atomic E-state index is 0.00366. The van der Waals surface area contributed by atoms with E-state index in [1.165, 1.54) is 170 Å². The fourth-order valence-electron chi connectivity index (χ4n) is 12.7.